The van der Waals surface area contributed by atoms with Gasteiger partial charge in [-0.2, -0.15) is 0 Å². The Kier molecular flexibility index (Phi) is 4.52. The zero-order valence-corrected chi connectivity index (χ0v) is 14.6. The highest BCUT2D eigenvalue weighted by molar-refractivity contribution is 6.15. The van der Waals surface area contributed by atoms with Crippen LogP contribution in [0.3, 0.4) is 0 Å². The van der Waals surface area contributed by atoms with Crippen LogP contribution in [-0.4, -0.2) is 36.8 Å². The molecule has 1 heterocycles. The van der Waals surface area contributed by atoms with Gasteiger partial charge in [0.05, 0.1) is 26.9 Å². The van der Waals surface area contributed by atoms with E-state index in [0.29, 0.717) is 28.5 Å². The molecule has 25 heavy (non-hydrogen) atoms. The quantitative estimate of drug-likeness (QED) is 0.439. The number of aryl methyl sites for hydroxylation is 1. The van der Waals surface area contributed by atoms with Crippen molar-refractivity contribution in [2.24, 2.45) is 12.2 Å². The van der Waals surface area contributed by atoms with E-state index in [0.717, 1.165) is 16.5 Å². The fourth-order valence-electron chi connectivity index (χ4n) is 2.98. The van der Waals surface area contributed by atoms with Gasteiger partial charge in [0, 0.05) is 29.7 Å². The highest BCUT2D eigenvalue weighted by Gasteiger charge is 2.21. The summed E-state index contributed by atoms with van der Waals surface area (Å²) in [6, 6.07) is 11.4. The minimum atomic E-state index is 0.392. The van der Waals surface area contributed by atoms with Gasteiger partial charge in [-0.3, -0.25) is 0 Å². The van der Waals surface area contributed by atoms with Crippen LogP contribution < -0.4 is 14.2 Å². The van der Waals surface area contributed by atoms with E-state index in [1.807, 2.05) is 42.1 Å². The van der Waals surface area contributed by atoms with Gasteiger partial charge in [0.15, 0.2) is 11.5 Å². The number of benzene rings is 2. The van der Waals surface area contributed by atoms with E-state index in [1.165, 1.54) is 14.2 Å². The van der Waals surface area contributed by atoms with E-state index in [1.54, 1.807) is 19.2 Å². The number of nitrogens with zero attached hydrogens (tertiary/aromatic N) is 2. The minimum absolute atomic E-state index is 0.392. The molecule has 0 radical (unpaired) electrons. The number of methoxy groups -OCH3 is 3. The monoisotopic (exact) mass is 340 g/mol. The largest absolute Gasteiger partial charge is 0.493 e. The first-order valence-corrected chi connectivity index (χ1v) is 7.71. The summed E-state index contributed by atoms with van der Waals surface area (Å²) in [5.41, 5.74) is 2.87. The predicted octanol–water partition coefficient (Wildman–Crippen LogP) is 3.43. The maximum absolute atomic E-state index is 9.68. The normalized spacial score (nSPS) is 11.6. The smallest absolute Gasteiger partial charge is 0.203 e. The van der Waals surface area contributed by atoms with E-state index in [-0.39, 0.29) is 0 Å². The Morgan fingerprint density at radius 1 is 0.960 bits per heavy atom. The van der Waals surface area contributed by atoms with Crippen molar-refractivity contribution in [1.82, 2.24) is 4.57 Å². The van der Waals surface area contributed by atoms with Crippen LogP contribution in [-0.2, 0) is 7.05 Å². The Morgan fingerprint density at radius 3 is 2.36 bits per heavy atom. The van der Waals surface area contributed by atoms with Gasteiger partial charge < -0.3 is 24.0 Å². The van der Waals surface area contributed by atoms with E-state index < -0.39 is 0 Å². The molecule has 2 aromatic carbocycles. The van der Waals surface area contributed by atoms with Crippen LogP contribution in [0.1, 0.15) is 11.1 Å². The second kappa shape index (κ2) is 6.76. The van der Waals surface area contributed by atoms with Crippen molar-refractivity contribution in [3.63, 3.8) is 0 Å². The van der Waals surface area contributed by atoms with Crippen LogP contribution in [0, 0.1) is 0 Å². The first-order chi connectivity index (χ1) is 12.1. The Labute approximate surface area is 145 Å². The van der Waals surface area contributed by atoms with Crippen LogP contribution in [0.15, 0.2) is 47.8 Å². The highest BCUT2D eigenvalue weighted by Crippen LogP contribution is 2.40. The van der Waals surface area contributed by atoms with Crippen molar-refractivity contribution >= 4 is 16.6 Å². The number of rotatable bonds is 5. The van der Waals surface area contributed by atoms with Crippen molar-refractivity contribution in [1.29, 1.82) is 0 Å². The average Bonchev–Trinajstić information content (AvgIpc) is 3.02. The molecule has 0 saturated carbocycles. The highest BCUT2D eigenvalue weighted by atomic mass is 16.5. The molecule has 6 heteroatoms. The van der Waals surface area contributed by atoms with E-state index in [2.05, 4.69) is 5.16 Å². The number of hydrogen-bond acceptors (Lipinski definition) is 5. The first-order valence-electron chi connectivity index (χ1n) is 7.71. The molecule has 0 spiro atoms. The van der Waals surface area contributed by atoms with Crippen molar-refractivity contribution in [2.45, 2.75) is 0 Å². The minimum Gasteiger partial charge on any atom is -0.493 e. The van der Waals surface area contributed by atoms with Crippen LogP contribution in [0.4, 0.5) is 0 Å². The lowest BCUT2D eigenvalue weighted by Crippen LogP contribution is -2.07. The molecule has 0 aliphatic heterocycles. The molecule has 0 fully saturated rings. The third-order valence-electron chi connectivity index (χ3n) is 4.22. The fraction of sp³-hybridized carbons (Fsp3) is 0.211. The average molecular weight is 340 g/mol. The molecular weight excluding hydrogens is 320 g/mol. The third-order valence-corrected chi connectivity index (χ3v) is 4.22. The maximum atomic E-state index is 9.68. The van der Waals surface area contributed by atoms with Gasteiger partial charge >= 0.3 is 0 Å². The summed E-state index contributed by atoms with van der Waals surface area (Å²) in [4.78, 5) is 0. The lowest BCUT2D eigenvalue weighted by molar-refractivity contribution is 0.316. The zero-order valence-electron chi connectivity index (χ0n) is 14.6. The third kappa shape index (κ3) is 2.76. The van der Waals surface area contributed by atoms with Crippen LogP contribution in [0.25, 0.3) is 10.9 Å². The number of oxime groups is 1. The van der Waals surface area contributed by atoms with Gasteiger partial charge in [0.1, 0.15) is 5.71 Å². The summed E-state index contributed by atoms with van der Waals surface area (Å²) in [6.45, 7) is 0. The second-order valence-electron chi connectivity index (χ2n) is 5.53. The number of ether oxygens (including phenoxy) is 3. The van der Waals surface area contributed by atoms with Gasteiger partial charge in [0.2, 0.25) is 5.75 Å². The lowest BCUT2D eigenvalue weighted by Gasteiger charge is -2.16. The summed E-state index contributed by atoms with van der Waals surface area (Å²) in [5.74, 6) is 1.44. The number of hydrogen-bond donors (Lipinski definition) is 1. The molecule has 0 atom stereocenters. The predicted molar refractivity (Wildman–Crippen MR) is 96.4 cm³/mol. The summed E-state index contributed by atoms with van der Waals surface area (Å²) in [6.07, 6.45) is 1.99. The van der Waals surface area contributed by atoms with Gasteiger partial charge in [-0.15, -0.1) is 0 Å². The molecule has 130 valence electrons. The standard InChI is InChI=1S/C19H20N2O4/c1-21-10-9-12-11-13(5-7-15(12)21)17(20-22)14-6-8-16(23-2)19(25-4)18(14)24-3/h5-11,22H,1-4H3/b20-17-. The molecule has 6 nitrogen and oxygen atoms in total. The molecule has 0 aliphatic rings. The van der Waals surface area contributed by atoms with Crippen molar-refractivity contribution < 1.29 is 19.4 Å². The Bertz CT molecular complexity index is 944. The molecule has 1 aromatic heterocycles. The summed E-state index contributed by atoms with van der Waals surface area (Å²) < 4.78 is 18.3. The molecule has 0 aliphatic carbocycles. The van der Waals surface area contributed by atoms with Crippen molar-refractivity contribution in [3.8, 4) is 17.2 Å². The number of fused-ring (bicyclic) bond motifs is 1. The van der Waals surface area contributed by atoms with Gasteiger partial charge in [0.25, 0.3) is 0 Å². The summed E-state index contributed by atoms with van der Waals surface area (Å²) in [7, 11) is 6.62. The molecule has 1 N–H and O–H groups in total. The molecule has 3 aromatic rings. The van der Waals surface area contributed by atoms with Crippen LogP contribution >= 0.6 is 0 Å². The van der Waals surface area contributed by atoms with E-state index >= 15 is 0 Å². The van der Waals surface area contributed by atoms with E-state index in [9.17, 15) is 5.21 Å². The Morgan fingerprint density at radius 2 is 1.72 bits per heavy atom. The van der Waals surface area contributed by atoms with Gasteiger partial charge in [-0.25, -0.2) is 0 Å². The second-order valence-corrected chi connectivity index (χ2v) is 5.53. The van der Waals surface area contributed by atoms with E-state index in [4.69, 9.17) is 14.2 Å². The molecule has 3 rings (SSSR count). The molecule has 0 bridgehead atoms. The van der Waals surface area contributed by atoms with Crippen LogP contribution in [0.2, 0.25) is 0 Å². The van der Waals surface area contributed by atoms with Crippen LogP contribution in [0.5, 0.6) is 17.2 Å². The lowest BCUT2D eigenvalue weighted by atomic mass is 9.99. The maximum Gasteiger partial charge on any atom is 0.203 e. The Balaban J connectivity index is 2.17. The fourth-order valence-corrected chi connectivity index (χ4v) is 2.98. The molecule has 0 amide bonds. The number of aromatic nitrogens is 1. The summed E-state index contributed by atoms with van der Waals surface area (Å²) >= 11 is 0. The molecule has 0 unspecified atom stereocenters. The molecular formula is C19H20N2O4. The molecule has 0 saturated heterocycles. The zero-order chi connectivity index (χ0) is 18.0. The first kappa shape index (κ1) is 16.7. The Hall–Kier alpha value is -3.15. The van der Waals surface area contributed by atoms with Gasteiger partial charge in [-0.05, 0) is 30.3 Å². The topological polar surface area (TPSA) is 65.2 Å². The van der Waals surface area contributed by atoms with Crippen molar-refractivity contribution in [2.75, 3.05) is 21.3 Å². The van der Waals surface area contributed by atoms with Gasteiger partial charge in [-0.1, -0.05) is 11.2 Å². The SMILES string of the molecule is COc1ccc(/C(=N\O)c2ccc3c(ccn3C)c2)c(OC)c1OC. The summed E-state index contributed by atoms with van der Waals surface area (Å²) in [5, 5.41) is 14.2. The van der Waals surface area contributed by atoms with Crippen molar-refractivity contribution in [3.05, 3.63) is 53.7 Å².